The van der Waals surface area contributed by atoms with Crippen molar-refractivity contribution in [2.24, 2.45) is 10.9 Å². The Morgan fingerprint density at radius 1 is 1.32 bits per heavy atom. The van der Waals surface area contributed by atoms with Crippen molar-refractivity contribution in [2.75, 3.05) is 39.8 Å². The number of nitrogens with zero attached hydrogens (tertiary/aromatic N) is 2. The van der Waals surface area contributed by atoms with Crippen molar-refractivity contribution in [3.05, 3.63) is 29.3 Å². The summed E-state index contributed by atoms with van der Waals surface area (Å²) in [7, 11) is 1.71. The molecular weight excluding hydrogens is 467 g/mol. The number of likely N-dealkylation sites (tertiary alicyclic amines) is 1. The van der Waals surface area contributed by atoms with E-state index in [1.807, 2.05) is 0 Å². The zero-order valence-corrected chi connectivity index (χ0v) is 19.3. The molecule has 7 heteroatoms. The molecule has 3 rings (SSSR count). The van der Waals surface area contributed by atoms with Crippen LogP contribution < -0.4 is 15.4 Å². The van der Waals surface area contributed by atoms with Crippen LogP contribution in [0.2, 0.25) is 0 Å². The van der Waals surface area contributed by atoms with Crippen molar-refractivity contribution in [2.45, 2.75) is 39.0 Å². The van der Waals surface area contributed by atoms with Crippen molar-refractivity contribution >= 4 is 35.8 Å². The molecular formula is C21H33IN4O2. The molecule has 1 fully saturated rings. The molecule has 2 aliphatic rings. The number of carbonyl (C=O) groups excluding carboxylic acids is 1. The van der Waals surface area contributed by atoms with Crippen molar-refractivity contribution in [1.82, 2.24) is 15.5 Å². The molecule has 0 aliphatic carbocycles. The number of guanidine groups is 1. The molecule has 28 heavy (non-hydrogen) atoms. The summed E-state index contributed by atoms with van der Waals surface area (Å²) in [5.41, 5.74) is 2.64. The summed E-state index contributed by atoms with van der Waals surface area (Å²) in [5, 5.41) is 6.15. The largest absolute Gasteiger partial charge is 0.493 e. The highest BCUT2D eigenvalue weighted by atomic mass is 127. The first kappa shape index (κ1) is 22.8. The Morgan fingerprint density at radius 3 is 2.82 bits per heavy atom. The Kier molecular flexibility index (Phi) is 9.34. The summed E-state index contributed by atoms with van der Waals surface area (Å²) in [6.45, 7) is 6.48. The highest BCUT2D eigenvalue weighted by Gasteiger charge is 2.23. The maximum absolute atomic E-state index is 11.6. The SMILES string of the molecule is CCNC(=NCCc1ccc2c(c1)CCO2)N1CCC(CC(=O)NC)CC1.I. The highest BCUT2D eigenvalue weighted by molar-refractivity contribution is 14.0. The lowest BCUT2D eigenvalue weighted by Crippen LogP contribution is -2.46. The molecule has 1 aromatic carbocycles. The van der Waals surface area contributed by atoms with Crippen molar-refractivity contribution in [3.63, 3.8) is 0 Å². The molecule has 2 aliphatic heterocycles. The van der Waals surface area contributed by atoms with Crippen LogP contribution in [-0.2, 0) is 17.6 Å². The molecule has 0 unspecified atom stereocenters. The maximum atomic E-state index is 11.6. The summed E-state index contributed by atoms with van der Waals surface area (Å²) >= 11 is 0. The molecule has 1 aromatic rings. The number of hydrogen-bond acceptors (Lipinski definition) is 3. The Bertz CT molecular complexity index is 672. The van der Waals surface area contributed by atoms with Crippen LogP contribution in [0.15, 0.2) is 23.2 Å². The third-order valence-corrected chi connectivity index (χ3v) is 5.42. The first-order valence-electron chi connectivity index (χ1n) is 10.2. The molecule has 0 spiro atoms. The van der Waals surface area contributed by atoms with Gasteiger partial charge in [-0.2, -0.15) is 0 Å². The standard InChI is InChI=1S/C21H32N4O2.HI/c1-3-23-21(25-11-7-17(8-12-25)15-20(26)22-2)24-10-6-16-4-5-19-18(14-16)9-13-27-19;/h4-5,14,17H,3,6-13,15H2,1-2H3,(H,22,26)(H,23,24);1H. The van der Waals surface area contributed by atoms with Crippen LogP contribution in [0.3, 0.4) is 0 Å². The van der Waals surface area contributed by atoms with Gasteiger partial charge in [0.2, 0.25) is 5.91 Å². The first-order valence-corrected chi connectivity index (χ1v) is 10.2. The fourth-order valence-corrected chi connectivity index (χ4v) is 3.83. The molecule has 0 saturated carbocycles. The third-order valence-electron chi connectivity index (χ3n) is 5.42. The van der Waals surface area contributed by atoms with Crippen LogP contribution in [0.4, 0.5) is 0 Å². The van der Waals surface area contributed by atoms with Gasteiger partial charge in [-0.1, -0.05) is 12.1 Å². The minimum Gasteiger partial charge on any atom is -0.493 e. The average molecular weight is 500 g/mol. The van der Waals surface area contributed by atoms with Crippen molar-refractivity contribution < 1.29 is 9.53 Å². The van der Waals surface area contributed by atoms with Gasteiger partial charge >= 0.3 is 0 Å². The number of fused-ring (bicyclic) bond motifs is 1. The van der Waals surface area contributed by atoms with Gasteiger partial charge in [0.25, 0.3) is 0 Å². The van der Waals surface area contributed by atoms with Gasteiger partial charge in [0.15, 0.2) is 5.96 Å². The van der Waals surface area contributed by atoms with Gasteiger partial charge in [0, 0.05) is 46.1 Å². The van der Waals surface area contributed by atoms with E-state index >= 15 is 0 Å². The number of piperidine rings is 1. The minimum atomic E-state index is 0. The maximum Gasteiger partial charge on any atom is 0.220 e. The van der Waals surface area contributed by atoms with E-state index in [2.05, 4.69) is 40.7 Å². The van der Waals surface area contributed by atoms with E-state index in [9.17, 15) is 4.79 Å². The lowest BCUT2D eigenvalue weighted by Gasteiger charge is -2.34. The van der Waals surface area contributed by atoms with Gasteiger partial charge in [-0.25, -0.2) is 0 Å². The predicted octanol–water partition coefficient (Wildman–Crippen LogP) is 2.60. The lowest BCUT2D eigenvalue weighted by atomic mass is 9.93. The van der Waals surface area contributed by atoms with E-state index in [0.717, 1.165) is 70.2 Å². The van der Waals surface area contributed by atoms with Crippen LogP contribution in [0.5, 0.6) is 5.75 Å². The van der Waals surface area contributed by atoms with Crippen LogP contribution in [0.25, 0.3) is 0 Å². The van der Waals surface area contributed by atoms with E-state index in [4.69, 9.17) is 9.73 Å². The molecule has 2 N–H and O–H groups in total. The van der Waals surface area contributed by atoms with Crippen LogP contribution in [-0.4, -0.2) is 56.6 Å². The van der Waals surface area contributed by atoms with Crippen LogP contribution >= 0.6 is 24.0 Å². The lowest BCUT2D eigenvalue weighted by molar-refractivity contribution is -0.121. The number of amides is 1. The summed E-state index contributed by atoms with van der Waals surface area (Å²) in [6, 6.07) is 6.50. The van der Waals surface area contributed by atoms with Gasteiger partial charge in [-0.15, -0.1) is 24.0 Å². The molecule has 0 radical (unpaired) electrons. The quantitative estimate of drug-likeness (QED) is 0.358. The number of carbonyl (C=O) groups is 1. The minimum absolute atomic E-state index is 0. The summed E-state index contributed by atoms with van der Waals surface area (Å²) in [5.74, 6) is 2.67. The Balaban J connectivity index is 0.00000280. The fourth-order valence-electron chi connectivity index (χ4n) is 3.83. The van der Waals surface area contributed by atoms with E-state index in [-0.39, 0.29) is 29.9 Å². The van der Waals surface area contributed by atoms with E-state index < -0.39 is 0 Å². The van der Waals surface area contributed by atoms with E-state index in [1.165, 1.54) is 11.1 Å². The Morgan fingerprint density at radius 2 is 2.11 bits per heavy atom. The monoisotopic (exact) mass is 500 g/mol. The van der Waals surface area contributed by atoms with Crippen LogP contribution in [0.1, 0.15) is 37.3 Å². The predicted molar refractivity (Wildman–Crippen MR) is 124 cm³/mol. The zero-order chi connectivity index (χ0) is 19.1. The topological polar surface area (TPSA) is 66.0 Å². The van der Waals surface area contributed by atoms with Crippen molar-refractivity contribution in [1.29, 1.82) is 0 Å². The number of ether oxygens (including phenoxy) is 1. The molecule has 1 amide bonds. The zero-order valence-electron chi connectivity index (χ0n) is 17.0. The van der Waals surface area contributed by atoms with Gasteiger partial charge in [-0.3, -0.25) is 9.79 Å². The summed E-state index contributed by atoms with van der Waals surface area (Å²) in [6.07, 6.45) is 4.68. The molecule has 0 atom stereocenters. The number of benzene rings is 1. The number of halogens is 1. The van der Waals surface area contributed by atoms with Gasteiger partial charge in [0.1, 0.15) is 5.75 Å². The smallest absolute Gasteiger partial charge is 0.220 e. The van der Waals surface area contributed by atoms with E-state index in [1.54, 1.807) is 7.05 Å². The fraction of sp³-hybridized carbons (Fsp3) is 0.619. The third kappa shape index (κ3) is 6.25. The molecule has 0 bridgehead atoms. The van der Waals surface area contributed by atoms with Gasteiger partial charge in [0.05, 0.1) is 6.61 Å². The first-order chi connectivity index (χ1) is 13.2. The second-order valence-electron chi connectivity index (χ2n) is 7.33. The summed E-state index contributed by atoms with van der Waals surface area (Å²) < 4.78 is 5.58. The van der Waals surface area contributed by atoms with Gasteiger partial charge < -0.3 is 20.3 Å². The highest BCUT2D eigenvalue weighted by Crippen LogP contribution is 2.26. The molecule has 2 heterocycles. The number of aliphatic imine (C=N–C) groups is 1. The van der Waals surface area contributed by atoms with Crippen LogP contribution in [0, 0.1) is 5.92 Å². The average Bonchev–Trinajstić information content (AvgIpc) is 3.16. The Hall–Kier alpha value is -1.51. The number of hydrogen-bond donors (Lipinski definition) is 2. The number of nitrogens with one attached hydrogen (secondary N) is 2. The van der Waals surface area contributed by atoms with Crippen molar-refractivity contribution in [3.8, 4) is 5.75 Å². The van der Waals surface area contributed by atoms with E-state index in [0.29, 0.717) is 12.3 Å². The number of rotatable bonds is 6. The normalized spacial score (nSPS) is 16.8. The molecule has 156 valence electrons. The second-order valence-corrected chi connectivity index (χ2v) is 7.33. The summed E-state index contributed by atoms with van der Waals surface area (Å²) in [4.78, 5) is 18.8. The molecule has 6 nitrogen and oxygen atoms in total. The Labute approximate surface area is 185 Å². The van der Waals surface area contributed by atoms with Gasteiger partial charge in [-0.05, 0) is 49.3 Å². The second kappa shape index (κ2) is 11.5. The molecule has 0 aromatic heterocycles. The molecule has 1 saturated heterocycles.